The molecule has 1 unspecified atom stereocenters. The number of aromatic nitrogens is 2. The average Bonchev–Trinajstić information content (AvgIpc) is 2.77. The fourth-order valence-electron chi connectivity index (χ4n) is 3.03. The molecule has 0 bridgehead atoms. The van der Waals surface area contributed by atoms with Gasteiger partial charge < -0.3 is 0 Å². The van der Waals surface area contributed by atoms with E-state index in [1.807, 2.05) is 0 Å². The highest BCUT2D eigenvalue weighted by molar-refractivity contribution is 7.19. The summed E-state index contributed by atoms with van der Waals surface area (Å²) in [5.74, 6) is 0.735. The third-order valence-electron chi connectivity index (χ3n) is 4.81. The van der Waals surface area contributed by atoms with E-state index in [9.17, 15) is 0 Å². The number of halogens is 1. The zero-order valence-corrected chi connectivity index (χ0v) is 13.2. The van der Waals surface area contributed by atoms with Gasteiger partial charge in [0.05, 0.1) is 5.39 Å². The van der Waals surface area contributed by atoms with Crippen molar-refractivity contribution in [3.63, 3.8) is 0 Å². The normalized spacial score (nSPS) is 19.7. The first-order chi connectivity index (χ1) is 9.03. The smallest absolute Gasteiger partial charge is 0.141 e. The Morgan fingerprint density at radius 1 is 1.42 bits per heavy atom. The molecule has 1 aliphatic rings. The SMILES string of the molecule is CCC(C)(C)C1CCc2sc3ncnc(Cl)c3c2C1. The zero-order valence-electron chi connectivity index (χ0n) is 11.7. The summed E-state index contributed by atoms with van der Waals surface area (Å²) in [4.78, 5) is 11.1. The van der Waals surface area contributed by atoms with Crippen molar-refractivity contribution in [1.29, 1.82) is 0 Å². The molecule has 0 fully saturated rings. The fourth-order valence-corrected chi connectivity index (χ4v) is 4.51. The van der Waals surface area contributed by atoms with Crippen molar-refractivity contribution in [2.75, 3.05) is 0 Å². The lowest BCUT2D eigenvalue weighted by Crippen LogP contribution is -2.28. The van der Waals surface area contributed by atoms with Gasteiger partial charge in [0, 0.05) is 4.88 Å². The molecule has 0 saturated carbocycles. The number of aryl methyl sites for hydroxylation is 1. The van der Waals surface area contributed by atoms with Crippen LogP contribution in [0.15, 0.2) is 6.33 Å². The topological polar surface area (TPSA) is 25.8 Å². The van der Waals surface area contributed by atoms with Gasteiger partial charge in [-0.2, -0.15) is 0 Å². The number of hydrogen-bond acceptors (Lipinski definition) is 3. The van der Waals surface area contributed by atoms with Crippen molar-refractivity contribution in [2.45, 2.75) is 46.5 Å². The quantitative estimate of drug-likeness (QED) is 0.737. The Kier molecular flexibility index (Phi) is 3.30. The van der Waals surface area contributed by atoms with Crippen LogP contribution in [0.4, 0.5) is 0 Å². The molecule has 0 aromatic carbocycles. The molecule has 2 heterocycles. The molecule has 4 heteroatoms. The van der Waals surface area contributed by atoms with Gasteiger partial charge in [-0.3, -0.25) is 0 Å². The third-order valence-corrected chi connectivity index (χ3v) is 6.30. The number of nitrogens with zero attached hydrogens (tertiary/aromatic N) is 2. The second-order valence-electron chi connectivity index (χ2n) is 6.13. The van der Waals surface area contributed by atoms with Gasteiger partial charge in [-0.15, -0.1) is 11.3 Å². The molecule has 2 aromatic rings. The van der Waals surface area contributed by atoms with Crippen LogP contribution in [-0.4, -0.2) is 9.97 Å². The summed E-state index contributed by atoms with van der Waals surface area (Å²) in [5, 5.41) is 1.73. The van der Waals surface area contributed by atoms with Gasteiger partial charge in [-0.1, -0.05) is 38.8 Å². The molecule has 2 nitrogen and oxygen atoms in total. The van der Waals surface area contributed by atoms with E-state index in [1.54, 1.807) is 17.7 Å². The van der Waals surface area contributed by atoms with Crippen LogP contribution in [0, 0.1) is 11.3 Å². The lowest BCUT2D eigenvalue weighted by atomic mass is 9.69. The maximum absolute atomic E-state index is 6.29. The molecule has 3 rings (SSSR count). The molecular weight excluding hydrogens is 276 g/mol. The summed E-state index contributed by atoms with van der Waals surface area (Å²) in [5.41, 5.74) is 1.82. The number of thiophene rings is 1. The van der Waals surface area contributed by atoms with Gasteiger partial charge in [0.2, 0.25) is 0 Å². The predicted molar refractivity (Wildman–Crippen MR) is 82.0 cm³/mol. The van der Waals surface area contributed by atoms with Gasteiger partial charge in [0.25, 0.3) is 0 Å². The van der Waals surface area contributed by atoms with Crippen molar-refractivity contribution in [3.05, 3.63) is 21.9 Å². The van der Waals surface area contributed by atoms with Crippen LogP contribution in [0.1, 0.15) is 44.1 Å². The minimum absolute atomic E-state index is 0.397. The Labute approximate surface area is 123 Å². The maximum atomic E-state index is 6.29. The van der Waals surface area contributed by atoms with E-state index in [-0.39, 0.29) is 0 Å². The largest absolute Gasteiger partial charge is 0.225 e. The Hall–Kier alpha value is -0.670. The number of fused-ring (bicyclic) bond motifs is 3. The minimum atomic E-state index is 0.397. The summed E-state index contributed by atoms with van der Waals surface area (Å²) in [6, 6.07) is 0. The molecule has 0 radical (unpaired) electrons. The number of rotatable bonds is 2. The first-order valence-electron chi connectivity index (χ1n) is 6.93. The highest BCUT2D eigenvalue weighted by atomic mass is 35.5. The molecule has 0 spiro atoms. The van der Waals surface area contributed by atoms with Crippen molar-refractivity contribution < 1.29 is 0 Å². The summed E-state index contributed by atoms with van der Waals surface area (Å²) >= 11 is 8.09. The Bertz CT molecular complexity index is 618. The molecule has 2 aromatic heterocycles. The van der Waals surface area contributed by atoms with Gasteiger partial charge in [-0.05, 0) is 36.2 Å². The molecule has 0 aliphatic heterocycles. The van der Waals surface area contributed by atoms with E-state index >= 15 is 0 Å². The van der Waals surface area contributed by atoms with Crippen LogP contribution in [0.3, 0.4) is 0 Å². The minimum Gasteiger partial charge on any atom is -0.225 e. The Morgan fingerprint density at radius 3 is 2.95 bits per heavy atom. The summed E-state index contributed by atoms with van der Waals surface area (Å²) in [6.45, 7) is 7.06. The van der Waals surface area contributed by atoms with E-state index in [0.717, 1.165) is 22.6 Å². The summed E-state index contributed by atoms with van der Waals surface area (Å²) < 4.78 is 0. The van der Waals surface area contributed by atoms with Crippen molar-refractivity contribution in [3.8, 4) is 0 Å². The first-order valence-corrected chi connectivity index (χ1v) is 8.13. The van der Waals surface area contributed by atoms with E-state index < -0.39 is 0 Å². The standard InChI is InChI=1S/C15H19ClN2S/c1-4-15(2,3)9-5-6-11-10(7-9)12-13(16)17-8-18-14(12)19-11/h8-9H,4-7H2,1-3H3. The lowest BCUT2D eigenvalue weighted by Gasteiger charge is -2.36. The molecular formula is C15H19ClN2S. The van der Waals surface area contributed by atoms with Crippen molar-refractivity contribution >= 4 is 33.2 Å². The van der Waals surface area contributed by atoms with Crippen LogP contribution >= 0.6 is 22.9 Å². The summed E-state index contributed by atoms with van der Waals surface area (Å²) in [6.07, 6.45) is 6.37. The van der Waals surface area contributed by atoms with Crippen LogP contribution in [-0.2, 0) is 12.8 Å². The van der Waals surface area contributed by atoms with Crippen molar-refractivity contribution in [2.24, 2.45) is 11.3 Å². The second kappa shape index (κ2) is 4.71. The van der Waals surface area contributed by atoms with Gasteiger partial charge in [-0.25, -0.2) is 9.97 Å². The van der Waals surface area contributed by atoms with Crippen LogP contribution in [0.2, 0.25) is 5.15 Å². The van der Waals surface area contributed by atoms with Gasteiger partial charge in [0.1, 0.15) is 16.3 Å². The van der Waals surface area contributed by atoms with Crippen LogP contribution in [0.25, 0.3) is 10.2 Å². The monoisotopic (exact) mass is 294 g/mol. The van der Waals surface area contributed by atoms with Crippen LogP contribution < -0.4 is 0 Å². The van der Waals surface area contributed by atoms with E-state index in [1.165, 1.54) is 29.7 Å². The highest BCUT2D eigenvalue weighted by Crippen LogP contribution is 2.45. The zero-order chi connectivity index (χ0) is 13.6. The summed E-state index contributed by atoms with van der Waals surface area (Å²) in [7, 11) is 0. The molecule has 102 valence electrons. The Morgan fingerprint density at radius 2 is 2.21 bits per heavy atom. The van der Waals surface area contributed by atoms with E-state index in [2.05, 4.69) is 30.7 Å². The molecule has 0 N–H and O–H groups in total. The second-order valence-corrected chi connectivity index (χ2v) is 7.57. The lowest BCUT2D eigenvalue weighted by molar-refractivity contribution is 0.184. The predicted octanol–water partition coefficient (Wildman–Crippen LogP) is 4.89. The van der Waals surface area contributed by atoms with Gasteiger partial charge in [0.15, 0.2) is 0 Å². The fraction of sp³-hybridized carbons (Fsp3) is 0.600. The number of hydrogen-bond donors (Lipinski definition) is 0. The average molecular weight is 295 g/mol. The maximum Gasteiger partial charge on any atom is 0.141 e. The molecule has 19 heavy (non-hydrogen) atoms. The first kappa shape index (κ1) is 13.3. The molecule has 0 saturated heterocycles. The van der Waals surface area contributed by atoms with E-state index in [4.69, 9.17) is 11.6 Å². The Balaban J connectivity index is 2.07. The molecule has 0 amide bonds. The van der Waals surface area contributed by atoms with Gasteiger partial charge >= 0.3 is 0 Å². The van der Waals surface area contributed by atoms with Crippen LogP contribution in [0.5, 0.6) is 0 Å². The highest BCUT2D eigenvalue weighted by Gasteiger charge is 2.33. The molecule has 1 atom stereocenters. The third kappa shape index (κ3) is 2.17. The van der Waals surface area contributed by atoms with Crippen molar-refractivity contribution in [1.82, 2.24) is 9.97 Å². The molecule has 1 aliphatic carbocycles. The van der Waals surface area contributed by atoms with E-state index in [0.29, 0.717) is 10.6 Å².